The number of amidine groups is 2. The number of halogens is 6. The lowest BCUT2D eigenvalue weighted by Crippen LogP contribution is -2.24. The Morgan fingerprint density at radius 1 is 0.656 bits per heavy atom. The fourth-order valence-corrected chi connectivity index (χ4v) is 3.34. The molecular weight excluding hydrogens is 442 g/mol. The van der Waals surface area contributed by atoms with E-state index in [1.807, 2.05) is 0 Å². The van der Waals surface area contributed by atoms with E-state index in [9.17, 15) is 26.3 Å². The molecule has 2 heterocycles. The first kappa shape index (κ1) is 23.2. The van der Waals surface area contributed by atoms with Crippen LogP contribution in [0.15, 0.2) is 34.3 Å². The van der Waals surface area contributed by atoms with Crippen LogP contribution in [0, 0.1) is 34.9 Å². The van der Waals surface area contributed by atoms with E-state index >= 15 is 0 Å². The summed E-state index contributed by atoms with van der Waals surface area (Å²) in [7, 11) is 0. The molecule has 0 spiro atoms. The molecule has 2 aromatic carbocycles. The molecule has 6 nitrogen and oxygen atoms in total. The van der Waals surface area contributed by atoms with E-state index in [-0.39, 0.29) is 25.3 Å². The molecule has 2 aromatic rings. The van der Waals surface area contributed by atoms with Crippen molar-refractivity contribution in [3.05, 3.63) is 70.3 Å². The Balaban J connectivity index is 0.000000181. The van der Waals surface area contributed by atoms with Crippen molar-refractivity contribution >= 4 is 12.0 Å². The maximum atomic E-state index is 13.5. The van der Waals surface area contributed by atoms with Gasteiger partial charge in [-0.1, -0.05) is 0 Å². The third-order valence-electron chi connectivity index (χ3n) is 4.88. The standard InChI is InChI=1S/2C10H9F3N2O/c2*1-10(4-16-9(14)15-10)7-5(11)2-3-6(12)8(7)13/h2*2-3H,4H2,1H3,(H2,14,15)/t10-;/m0./s1. The predicted octanol–water partition coefficient (Wildman–Crippen LogP) is 3.33. The molecule has 2 aliphatic heterocycles. The van der Waals surface area contributed by atoms with Crippen LogP contribution in [0.1, 0.15) is 25.0 Å². The molecule has 12 heteroatoms. The Morgan fingerprint density at radius 2 is 0.969 bits per heavy atom. The second kappa shape index (κ2) is 8.24. The Bertz CT molecular complexity index is 1040. The molecule has 0 saturated carbocycles. The van der Waals surface area contributed by atoms with Gasteiger partial charge in [0.15, 0.2) is 23.3 Å². The van der Waals surface area contributed by atoms with Gasteiger partial charge in [0, 0.05) is 0 Å². The van der Waals surface area contributed by atoms with Crippen LogP contribution in [0.25, 0.3) is 0 Å². The van der Waals surface area contributed by atoms with Crippen LogP contribution >= 0.6 is 0 Å². The van der Waals surface area contributed by atoms with Crippen molar-refractivity contribution in [1.82, 2.24) is 0 Å². The molecule has 32 heavy (non-hydrogen) atoms. The van der Waals surface area contributed by atoms with Gasteiger partial charge in [-0.2, -0.15) is 0 Å². The summed E-state index contributed by atoms with van der Waals surface area (Å²) in [5.74, 6) is -6.52. The third-order valence-corrected chi connectivity index (χ3v) is 4.88. The van der Waals surface area contributed by atoms with E-state index in [1.54, 1.807) is 0 Å². The molecule has 0 bridgehead atoms. The molecule has 1 unspecified atom stereocenters. The van der Waals surface area contributed by atoms with Crippen LogP contribution in [0.5, 0.6) is 0 Å². The number of nitrogens with zero attached hydrogens (tertiary/aromatic N) is 2. The average molecular weight is 460 g/mol. The van der Waals surface area contributed by atoms with E-state index in [1.165, 1.54) is 13.8 Å². The molecule has 4 rings (SSSR count). The lowest BCUT2D eigenvalue weighted by molar-refractivity contribution is 0.256. The highest BCUT2D eigenvalue weighted by Gasteiger charge is 2.40. The van der Waals surface area contributed by atoms with Crippen LogP contribution < -0.4 is 11.5 Å². The Kier molecular flexibility index (Phi) is 5.98. The van der Waals surface area contributed by atoms with E-state index in [2.05, 4.69) is 9.98 Å². The minimum absolute atomic E-state index is 0.115. The second-order valence-electron chi connectivity index (χ2n) is 7.46. The fraction of sp³-hybridized carbons (Fsp3) is 0.300. The summed E-state index contributed by atoms with van der Waals surface area (Å²) < 4.78 is 89.7. The van der Waals surface area contributed by atoms with Gasteiger partial charge in [0.05, 0.1) is 11.1 Å². The SMILES string of the molecule is CC1(c2c(F)ccc(F)c2F)COC(N)=N1.C[C@@]1(c2c(F)ccc(F)c2F)COC(N)=N1. The van der Waals surface area contributed by atoms with Crippen LogP contribution in [0.4, 0.5) is 26.3 Å². The number of ether oxygens (including phenoxy) is 2. The van der Waals surface area contributed by atoms with Gasteiger partial charge in [-0.05, 0) is 38.1 Å². The molecule has 4 N–H and O–H groups in total. The number of benzene rings is 2. The first-order chi connectivity index (χ1) is 14.9. The predicted molar refractivity (Wildman–Crippen MR) is 102 cm³/mol. The van der Waals surface area contributed by atoms with Crippen LogP contribution in [0.2, 0.25) is 0 Å². The molecule has 0 radical (unpaired) electrons. The number of nitrogens with two attached hydrogens (primary N) is 2. The minimum atomic E-state index is -1.32. The molecule has 0 amide bonds. The maximum absolute atomic E-state index is 13.5. The normalized spacial score (nSPS) is 24.1. The first-order valence-electron chi connectivity index (χ1n) is 9.12. The van der Waals surface area contributed by atoms with Crippen LogP contribution in [-0.4, -0.2) is 25.3 Å². The highest BCUT2D eigenvalue weighted by Crippen LogP contribution is 2.35. The summed E-state index contributed by atoms with van der Waals surface area (Å²) in [6.45, 7) is 2.62. The van der Waals surface area contributed by atoms with Crippen LogP contribution in [0.3, 0.4) is 0 Å². The molecular formula is C20H18F6N4O2. The van der Waals surface area contributed by atoms with E-state index < -0.39 is 57.1 Å². The lowest BCUT2D eigenvalue weighted by Gasteiger charge is -2.20. The van der Waals surface area contributed by atoms with Gasteiger partial charge in [0.2, 0.25) is 0 Å². The summed E-state index contributed by atoms with van der Waals surface area (Å²) in [5, 5.41) is 0. The van der Waals surface area contributed by atoms with Gasteiger partial charge in [-0.25, -0.2) is 36.3 Å². The van der Waals surface area contributed by atoms with Crippen molar-refractivity contribution < 1.29 is 35.8 Å². The Morgan fingerprint density at radius 3 is 1.25 bits per heavy atom. The zero-order chi connectivity index (χ0) is 23.8. The van der Waals surface area contributed by atoms with E-state index in [0.717, 1.165) is 24.3 Å². The number of hydrogen-bond acceptors (Lipinski definition) is 6. The molecule has 2 atom stereocenters. The largest absolute Gasteiger partial charge is 0.462 e. The monoisotopic (exact) mass is 460 g/mol. The highest BCUT2D eigenvalue weighted by atomic mass is 19.2. The molecule has 2 aliphatic rings. The zero-order valence-electron chi connectivity index (χ0n) is 16.9. The van der Waals surface area contributed by atoms with E-state index in [4.69, 9.17) is 20.9 Å². The second-order valence-corrected chi connectivity index (χ2v) is 7.46. The van der Waals surface area contributed by atoms with Gasteiger partial charge >= 0.3 is 0 Å². The summed E-state index contributed by atoms with van der Waals surface area (Å²) >= 11 is 0. The molecule has 0 aromatic heterocycles. The summed E-state index contributed by atoms with van der Waals surface area (Å²) in [4.78, 5) is 7.56. The van der Waals surface area contributed by atoms with Gasteiger partial charge < -0.3 is 20.9 Å². The van der Waals surface area contributed by atoms with Crippen molar-refractivity contribution in [3.8, 4) is 0 Å². The fourth-order valence-electron chi connectivity index (χ4n) is 3.34. The summed E-state index contributed by atoms with van der Waals surface area (Å²) in [6.07, 6.45) is 0. The number of aliphatic imine (C=N–C) groups is 2. The maximum Gasteiger partial charge on any atom is 0.283 e. The van der Waals surface area contributed by atoms with Crippen molar-refractivity contribution in [1.29, 1.82) is 0 Å². The lowest BCUT2D eigenvalue weighted by atomic mass is 9.93. The molecule has 0 aliphatic carbocycles. The first-order valence-corrected chi connectivity index (χ1v) is 9.12. The Labute approximate surface area is 178 Å². The van der Waals surface area contributed by atoms with Crippen molar-refractivity contribution in [2.45, 2.75) is 24.9 Å². The van der Waals surface area contributed by atoms with Crippen molar-refractivity contribution in [2.24, 2.45) is 21.5 Å². The molecule has 0 saturated heterocycles. The quantitative estimate of drug-likeness (QED) is 0.531. The smallest absolute Gasteiger partial charge is 0.283 e. The van der Waals surface area contributed by atoms with Crippen molar-refractivity contribution in [3.63, 3.8) is 0 Å². The Hall–Kier alpha value is -3.44. The van der Waals surface area contributed by atoms with E-state index in [0.29, 0.717) is 0 Å². The number of rotatable bonds is 2. The van der Waals surface area contributed by atoms with Gasteiger partial charge in [-0.3, -0.25) is 0 Å². The highest BCUT2D eigenvalue weighted by molar-refractivity contribution is 5.74. The molecule has 172 valence electrons. The van der Waals surface area contributed by atoms with Crippen LogP contribution in [-0.2, 0) is 20.6 Å². The summed E-state index contributed by atoms with van der Waals surface area (Å²) in [5.41, 5.74) is 6.98. The number of hydrogen-bond donors (Lipinski definition) is 2. The molecule has 0 fully saturated rings. The summed E-state index contributed by atoms with van der Waals surface area (Å²) in [6, 6.07) is 2.82. The third kappa shape index (κ3) is 4.16. The topological polar surface area (TPSA) is 95.2 Å². The minimum Gasteiger partial charge on any atom is -0.462 e. The van der Waals surface area contributed by atoms with Crippen molar-refractivity contribution in [2.75, 3.05) is 13.2 Å². The van der Waals surface area contributed by atoms with Gasteiger partial charge in [-0.15, -0.1) is 0 Å². The van der Waals surface area contributed by atoms with Gasteiger partial charge in [0.25, 0.3) is 12.0 Å². The average Bonchev–Trinajstić information content (AvgIpc) is 3.24. The van der Waals surface area contributed by atoms with Gasteiger partial charge in [0.1, 0.15) is 35.9 Å². The zero-order valence-corrected chi connectivity index (χ0v) is 16.9.